The van der Waals surface area contributed by atoms with Gasteiger partial charge < -0.3 is 15.3 Å². The molecule has 1 aromatic carbocycles. The van der Waals surface area contributed by atoms with Gasteiger partial charge in [0.1, 0.15) is 0 Å². The van der Waals surface area contributed by atoms with Crippen molar-refractivity contribution in [3.8, 4) is 0 Å². The summed E-state index contributed by atoms with van der Waals surface area (Å²) in [5.41, 5.74) is 1.96. The van der Waals surface area contributed by atoms with E-state index in [1.165, 1.54) is 35.6 Å². The molecule has 1 heterocycles. The first-order valence-electron chi connectivity index (χ1n) is 10.0. The number of benzene rings is 1. The maximum atomic E-state index is 12.7. The van der Waals surface area contributed by atoms with Gasteiger partial charge in [0.15, 0.2) is 5.13 Å². The number of aliphatic carboxylic acids is 1. The van der Waals surface area contributed by atoms with Gasteiger partial charge in [-0.3, -0.25) is 14.9 Å². The maximum Gasteiger partial charge on any atom is 0.323 e. The Morgan fingerprint density at radius 3 is 2.84 bits per heavy atom. The zero-order valence-electron chi connectivity index (χ0n) is 17.5. The van der Waals surface area contributed by atoms with Gasteiger partial charge in [-0.2, -0.15) is 0 Å². The molecule has 1 aromatic heterocycles. The van der Waals surface area contributed by atoms with Gasteiger partial charge in [-0.05, 0) is 42.9 Å². The first kappa shape index (κ1) is 23.1. The van der Waals surface area contributed by atoms with Gasteiger partial charge in [-0.15, -0.1) is 11.8 Å². The molecule has 166 valence electrons. The SMILES string of the molecule is CC(=O)Nc1cccc(C2CCC(N(C)C(=O)Nc3ncc(SCCC(=O)O)s3)C2)c1. The number of anilines is 2. The summed E-state index contributed by atoms with van der Waals surface area (Å²) in [7, 11) is 1.80. The second-order valence-electron chi connectivity index (χ2n) is 7.49. The van der Waals surface area contributed by atoms with Gasteiger partial charge >= 0.3 is 12.0 Å². The van der Waals surface area contributed by atoms with Crippen molar-refractivity contribution >= 4 is 51.8 Å². The van der Waals surface area contributed by atoms with Gasteiger partial charge in [-0.1, -0.05) is 23.5 Å². The zero-order valence-corrected chi connectivity index (χ0v) is 19.1. The molecule has 0 saturated heterocycles. The van der Waals surface area contributed by atoms with Crippen LogP contribution in [0.15, 0.2) is 34.7 Å². The third-order valence-corrected chi connectivity index (χ3v) is 7.32. The highest BCUT2D eigenvalue weighted by Crippen LogP contribution is 2.37. The average Bonchev–Trinajstić information content (AvgIpc) is 3.37. The lowest BCUT2D eigenvalue weighted by atomic mass is 9.97. The zero-order chi connectivity index (χ0) is 22.4. The van der Waals surface area contributed by atoms with E-state index < -0.39 is 5.97 Å². The Kier molecular flexibility index (Phi) is 7.91. The highest BCUT2D eigenvalue weighted by atomic mass is 32.2. The normalized spacial score (nSPS) is 17.9. The Balaban J connectivity index is 1.52. The quantitative estimate of drug-likeness (QED) is 0.499. The van der Waals surface area contributed by atoms with Crippen molar-refractivity contribution in [3.05, 3.63) is 36.0 Å². The molecule has 3 rings (SSSR count). The van der Waals surface area contributed by atoms with Gasteiger partial charge in [0.05, 0.1) is 16.8 Å². The van der Waals surface area contributed by atoms with Gasteiger partial charge in [0.25, 0.3) is 0 Å². The molecule has 1 aliphatic rings. The molecule has 0 radical (unpaired) electrons. The minimum absolute atomic E-state index is 0.0869. The molecule has 8 nitrogen and oxygen atoms in total. The molecular formula is C21H26N4O4S2. The van der Waals surface area contributed by atoms with E-state index in [4.69, 9.17) is 5.11 Å². The second kappa shape index (κ2) is 10.6. The number of carbonyl (C=O) groups excluding carboxylic acids is 2. The Morgan fingerprint density at radius 2 is 2.10 bits per heavy atom. The summed E-state index contributed by atoms with van der Waals surface area (Å²) in [5.74, 6) is -0.115. The Hall–Kier alpha value is -2.59. The molecule has 1 saturated carbocycles. The molecule has 0 aliphatic heterocycles. The number of nitrogens with zero attached hydrogens (tertiary/aromatic N) is 2. The monoisotopic (exact) mass is 462 g/mol. The number of rotatable bonds is 8. The fourth-order valence-corrected chi connectivity index (χ4v) is 5.52. The number of urea groups is 1. The van der Waals surface area contributed by atoms with Crippen molar-refractivity contribution in [2.75, 3.05) is 23.4 Å². The smallest absolute Gasteiger partial charge is 0.323 e. The van der Waals surface area contributed by atoms with Crippen LogP contribution < -0.4 is 10.6 Å². The third kappa shape index (κ3) is 6.70. The summed E-state index contributed by atoms with van der Waals surface area (Å²) in [4.78, 5) is 40.5. The largest absolute Gasteiger partial charge is 0.481 e. The van der Waals surface area contributed by atoms with E-state index in [1.807, 2.05) is 18.2 Å². The standard InChI is InChI=1S/C21H26N4O4S2/c1-13(26)23-16-5-3-4-14(10-16)15-6-7-17(11-15)25(2)21(29)24-20-22-12-19(31-20)30-9-8-18(27)28/h3-5,10,12,15,17H,6-9,11H2,1-2H3,(H,23,26)(H,27,28)(H,22,24,29). The van der Waals surface area contributed by atoms with Crippen molar-refractivity contribution in [1.29, 1.82) is 0 Å². The molecule has 31 heavy (non-hydrogen) atoms. The number of carboxylic acid groups (broad SMARTS) is 1. The average molecular weight is 463 g/mol. The van der Waals surface area contributed by atoms with Gasteiger partial charge in [0, 0.05) is 31.5 Å². The summed E-state index contributed by atoms with van der Waals surface area (Å²) < 4.78 is 0.874. The number of aromatic nitrogens is 1. The number of carbonyl (C=O) groups is 3. The van der Waals surface area contributed by atoms with Crippen molar-refractivity contribution < 1.29 is 19.5 Å². The van der Waals surface area contributed by atoms with Crippen LogP contribution in [-0.4, -0.2) is 51.7 Å². The Bertz CT molecular complexity index is 949. The van der Waals surface area contributed by atoms with Crippen LogP contribution in [0.2, 0.25) is 0 Å². The van der Waals surface area contributed by atoms with Crippen molar-refractivity contribution in [1.82, 2.24) is 9.88 Å². The minimum atomic E-state index is -0.830. The third-order valence-electron chi connectivity index (χ3n) is 5.21. The molecular weight excluding hydrogens is 436 g/mol. The predicted molar refractivity (Wildman–Crippen MR) is 123 cm³/mol. The van der Waals surface area contributed by atoms with Crippen LogP contribution in [0.4, 0.5) is 15.6 Å². The number of amides is 3. The highest BCUT2D eigenvalue weighted by molar-refractivity contribution is 8.01. The van der Waals surface area contributed by atoms with Crippen LogP contribution in [0.3, 0.4) is 0 Å². The number of carboxylic acids is 1. The Morgan fingerprint density at radius 1 is 1.29 bits per heavy atom. The lowest BCUT2D eigenvalue weighted by molar-refractivity contribution is -0.136. The first-order chi connectivity index (χ1) is 14.8. The van der Waals surface area contributed by atoms with Crippen molar-refractivity contribution in [2.45, 2.75) is 48.8 Å². The van der Waals surface area contributed by atoms with E-state index in [1.54, 1.807) is 18.1 Å². The second-order valence-corrected chi connectivity index (χ2v) is 9.91. The summed E-state index contributed by atoms with van der Waals surface area (Å²) in [6, 6.07) is 7.82. The van der Waals surface area contributed by atoms with E-state index in [0.29, 0.717) is 16.8 Å². The molecule has 0 bridgehead atoms. The van der Waals surface area contributed by atoms with Crippen LogP contribution in [0.5, 0.6) is 0 Å². The van der Waals surface area contributed by atoms with Gasteiger partial charge in [-0.25, -0.2) is 9.78 Å². The number of nitrogens with one attached hydrogen (secondary N) is 2. The first-order valence-corrected chi connectivity index (χ1v) is 11.8. The van der Waals surface area contributed by atoms with E-state index in [9.17, 15) is 14.4 Å². The van der Waals surface area contributed by atoms with Crippen LogP contribution in [-0.2, 0) is 9.59 Å². The van der Waals surface area contributed by atoms with Crippen molar-refractivity contribution in [3.63, 3.8) is 0 Å². The maximum absolute atomic E-state index is 12.7. The minimum Gasteiger partial charge on any atom is -0.481 e. The summed E-state index contributed by atoms with van der Waals surface area (Å²) in [6.07, 6.45) is 4.49. The molecule has 2 atom stereocenters. The molecule has 2 unspecified atom stereocenters. The summed E-state index contributed by atoms with van der Waals surface area (Å²) in [5, 5.41) is 14.9. The lowest BCUT2D eigenvalue weighted by Gasteiger charge is -2.24. The molecule has 3 N–H and O–H groups in total. The topological polar surface area (TPSA) is 112 Å². The van der Waals surface area contributed by atoms with E-state index >= 15 is 0 Å². The van der Waals surface area contributed by atoms with Crippen LogP contribution in [0, 0.1) is 0 Å². The molecule has 2 aromatic rings. The highest BCUT2D eigenvalue weighted by Gasteiger charge is 2.31. The van der Waals surface area contributed by atoms with E-state index in [2.05, 4.69) is 21.7 Å². The number of hydrogen-bond acceptors (Lipinski definition) is 6. The fourth-order valence-electron chi connectivity index (χ4n) is 3.65. The molecule has 1 aliphatic carbocycles. The summed E-state index contributed by atoms with van der Waals surface area (Å²) in [6.45, 7) is 1.49. The van der Waals surface area contributed by atoms with E-state index in [-0.39, 0.29) is 24.4 Å². The number of thiazole rings is 1. The van der Waals surface area contributed by atoms with Crippen molar-refractivity contribution in [2.24, 2.45) is 0 Å². The molecule has 3 amide bonds. The molecule has 10 heteroatoms. The summed E-state index contributed by atoms with van der Waals surface area (Å²) >= 11 is 2.76. The Labute approximate surface area is 189 Å². The molecule has 0 spiro atoms. The van der Waals surface area contributed by atoms with Gasteiger partial charge in [0.2, 0.25) is 5.91 Å². The molecule has 1 fully saturated rings. The van der Waals surface area contributed by atoms with Crippen LogP contribution >= 0.6 is 23.1 Å². The number of hydrogen-bond donors (Lipinski definition) is 3. The fraction of sp³-hybridized carbons (Fsp3) is 0.429. The predicted octanol–water partition coefficient (Wildman–Crippen LogP) is 4.47. The lowest BCUT2D eigenvalue weighted by Crippen LogP contribution is -2.38. The van der Waals surface area contributed by atoms with Crippen LogP contribution in [0.25, 0.3) is 0 Å². The van der Waals surface area contributed by atoms with Crippen LogP contribution in [0.1, 0.15) is 44.1 Å². The number of thioether (sulfide) groups is 1. The van der Waals surface area contributed by atoms with E-state index in [0.717, 1.165) is 29.2 Å².